The van der Waals surface area contributed by atoms with Crippen molar-refractivity contribution in [3.8, 4) is 11.4 Å². The molecule has 0 atom stereocenters. The summed E-state index contributed by atoms with van der Waals surface area (Å²) in [6, 6.07) is 4.85. The average Bonchev–Trinajstić information content (AvgIpc) is 2.90. The van der Waals surface area contributed by atoms with E-state index >= 15 is 0 Å². The van der Waals surface area contributed by atoms with E-state index in [2.05, 4.69) is 15.1 Å². The number of hydrogen-bond acceptors (Lipinski definition) is 3. The lowest BCUT2D eigenvalue weighted by Crippen LogP contribution is -1.94. The molecule has 0 amide bonds. The normalized spacial score (nSPS) is 11.2. The molecule has 20 heavy (non-hydrogen) atoms. The number of aryl methyl sites for hydroxylation is 2. The molecule has 0 aliphatic rings. The summed E-state index contributed by atoms with van der Waals surface area (Å²) < 4.78 is 1.81. The van der Waals surface area contributed by atoms with Crippen molar-refractivity contribution >= 4 is 17.0 Å². The van der Waals surface area contributed by atoms with Gasteiger partial charge in [-0.1, -0.05) is 0 Å². The average molecular weight is 270 g/mol. The van der Waals surface area contributed by atoms with Gasteiger partial charge in [-0.25, -0.2) is 9.78 Å². The number of aromatic carboxylic acids is 1. The van der Waals surface area contributed by atoms with E-state index in [0.717, 1.165) is 22.5 Å². The van der Waals surface area contributed by atoms with Crippen LogP contribution in [-0.2, 0) is 7.05 Å². The van der Waals surface area contributed by atoms with Crippen LogP contribution in [-0.4, -0.2) is 30.8 Å². The number of fused-ring (bicyclic) bond motifs is 1. The second-order valence-corrected chi connectivity index (χ2v) is 4.79. The maximum Gasteiger partial charge on any atom is 0.335 e. The Morgan fingerprint density at radius 3 is 2.70 bits per heavy atom. The van der Waals surface area contributed by atoms with Crippen LogP contribution in [0, 0.1) is 13.8 Å². The van der Waals surface area contributed by atoms with Crippen LogP contribution in [0.2, 0.25) is 0 Å². The van der Waals surface area contributed by atoms with Crippen LogP contribution in [0.1, 0.15) is 21.7 Å². The first-order valence-electron chi connectivity index (χ1n) is 6.21. The molecule has 0 aliphatic carbocycles. The van der Waals surface area contributed by atoms with Gasteiger partial charge in [0.05, 0.1) is 27.9 Å². The van der Waals surface area contributed by atoms with Crippen LogP contribution in [0.3, 0.4) is 0 Å². The monoisotopic (exact) mass is 270 g/mol. The Morgan fingerprint density at radius 1 is 1.35 bits per heavy atom. The quantitative estimate of drug-likeness (QED) is 0.748. The summed E-state index contributed by atoms with van der Waals surface area (Å²) in [6.07, 6.45) is 0. The van der Waals surface area contributed by atoms with Gasteiger partial charge >= 0.3 is 5.97 Å². The molecular formula is C14H14N4O2. The third kappa shape index (κ3) is 1.77. The molecule has 0 saturated carbocycles. The zero-order valence-electron chi connectivity index (χ0n) is 11.4. The number of H-pyrrole nitrogens is 1. The first-order chi connectivity index (χ1) is 9.47. The molecule has 3 rings (SSSR count). The minimum Gasteiger partial charge on any atom is -0.478 e. The Labute approximate surface area is 115 Å². The molecule has 6 nitrogen and oxygen atoms in total. The molecule has 6 heteroatoms. The largest absolute Gasteiger partial charge is 0.478 e. The Morgan fingerprint density at radius 2 is 2.10 bits per heavy atom. The second-order valence-electron chi connectivity index (χ2n) is 4.79. The molecule has 0 saturated heterocycles. The van der Waals surface area contributed by atoms with Gasteiger partial charge in [-0.05, 0) is 32.0 Å². The molecule has 0 spiro atoms. The van der Waals surface area contributed by atoms with Gasteiger partial charge < -0.3 is 10.1 Å². The van der Waals surface area contributed by atoms with Gasteiger partial charge in [0.15, 0.2) is 0 Å². The molecule has 0 fully saturated rings. The number of nitrogens with one attached hydrogen (secondary N) is 1. The minimum atomic E-state index is -0.947. The first-order valence-corrected chi connectivity index (χ1v) is 6.21. The number of carboxylic acid groups (broad SMARTS) is 1. The first kappa shape index (κ1) is 12.4. The molecule has 0 bridgehead atoms. The fraction of sp³-hybridized carbons (Fsp3) is 0.214. The topological polar surface area (TPSA) is 83.8 Å². The molecular weight excluding hydrogens is 256 g/mol. The predicted octanol–water partition coefficient (Wildman–Crippen LogP) is 2.28. The number of hydrogen-bond donors (Lipinski definition) is 2. The predicted molar refractivity (Wildman–Crippen MR) is 74.7 cm³/mol. The summed E-state index contributed by atoms with van der Waals surface area (Å²) in [5.74, 6) is -0.234. The van der Waals surface area contributed by atoms with E-state index in [0.29, 0.717) is 11.3 Å². The summed E-state index contributed by atoms with van der Waals surface area (Å²) in [7, 11) is 1.89. The van der Waals surface area contributed by atoms with Crippen molar-refractivity contribution in [1.29, 1.82) is 0 Å². The van der Waals surface area contributed by atoms with E-state index in [1.807, 2.05) is 20.9 Å². The molecule has 102 valence electrons. The van der Waals surface area contributed by atoms with Crippen LogP contribution >= 0.6 is 0 Å². The van der Waals surface area contributed by atoms with Crippen molar-refractivity contribution in [1.82, 2.24) is 19.7 Å². The maximum atomic E-state index is 11.0. The van der Waals surface area contributed by atoms with E-state index in [4.69, 9.17) is 5.11 Å². The van der Waals surface area contributed by atoms with Crippen LogP contribution in [0.25, 0.3) is 22.4 Å². The number of aromatic amines is 1. The van der Waals surface area contributed by atoms with Crippen molar-refractivity contribution in [3.05, 3.63) is 35.2 Å². The zero-order valence-corrected chi connectivity index (χ0v) is 11.4. The molecule has 2 aromatic heterocycles. The highest BCUT2D eigenvalue weighted by Crippen LogP contribution is 2.26. The van der Waals surface area contributed by atoms with E-state index in [1.165, 1.54) is 0 Å². The Kier molecular flexibility index (Phi) is 2.60. The summed E-state index contributed by atoms with van der Waals surface area (Å²) in [6.45, 7) is 3.91. The Balaban J connectivity index is 2.20. The highest BCUT2D eigenvalue weighted by molar-refractivity contribution is 5.93. The van der Waals surface area contributed by atoms with Crippen molar-refractivity contribution in [2.24, 2.45) is 7.05 Å². The van der Waals surface area contributed by atoms with Gasteiger partial charge in [0.2, 0.25) is 0 Å². The van der Waals surface area contributed by atoms with Gasteiger partial charge in [0.25, 0.3) is 0 Å². The summed E-state index contributed by atoms with van der Waals surface area (Å²) >= 11 is 0. The number of aromatic nitrogens is 4. The Hall–Kier alpha value is -2.63. The molecule has 2 N–H and O–H groups in total. The zero-order chi connectivity index (χ0) is 14.4. The third-order valence-corrected chi connectivity index (χ3v) is 3.47. The van der Waals surface area contributed by atoms with Crippen LogP contribution in [0.4, 0.5) is 0 Å². The van der Waals surface area contributed by atoms with Crippen LogP contribution in [0.5, 0.6) is 0 Å². The smallest absolute Gasteiger partial charge is 0.335 e. The molecule has 1 aromatic carbocycles. The number of rotatable bonds is 2. The molecule has 3 aromatic rings. The van der Waals surface area contributed by atoms with E-state index in [1.54, 1.807) is 22.9 Å². The molecule has 0 unspecified atom stereocenters. The highest BCUT2D eigenvalue weighted by atomic mass is 16.4. The third-order valence-electron chi connectivity index (χ3n) is 3.47. The fourth-order valence-electron chi connectivity index (χ4n) is 2.38. The summed E-state index contributed by atoms with van der Waals surface area (Å²) in [4.78, 5) is 18.7. The van der Waals surface area contributed by atoms with Crippen molar-refractivity contribution < 1.29 is 9.90 Å². The van der Waals surface area contributed by atoms with E-state index < -0.39 is 5.97 Å². The van der Waals surface area contributed by atoms with Crippen molar-refractivity contribution in [2.45, 2.75) is 13.8 Å². The van der Waals surface area contributed by atoms with Gasteiger partial charge in [0, 0.05) is 12.7 Å². The highest BCUT2D eigenvalue weighted by Gasteiger charge is 2.16. The molecule has 0 radical (unpaired) electrons. The summed E-state index contributed by atoms with van der Waals surface area (Å²) in [5.41, 5.74) is 4.56. The van der Waals surface area contributed by atoms with E-state index in [9.17, 15) is 4.79 Å². The number of carboxylic acids is 1. The van der Waals surface area contributed by atoms with Crippen LogP contribution in [0.15, 0.2) is 18.2 Å². The SMILES string of the molecule is Cc1nn(C)c(C)c1-c1nc2ccc(C(=O)O)cc2[nH]1. The van der Waals surface area contributed by atoms with E-state index in [-0.39, 0.29) is 5.56 Å². The lowest BCUT2D eigenvalue weighted by molar-refractivity contribution is 0.0697. The van der Waals surface area contributed by atoms with Gasteiger partial charge in [-0.2, -0.15) is 5.10 Å². The van der Waals surface area contributed by atoms with Crippen molar-refractivity contribution in [2.75, 3.05) is 0 Å². The Bertz CT molecular complexity index is 829. The number of benzene rings is 1. The van der Waals surface area contributed by atoms with Gasteiger partial charge in [0.1, 0.15) is 5.82 Å². The standard InChI is InChI=1S/C14H14N4O2/c1-7-12(8(2)18(3)17-7)13-15-10-5-4-9(14(19)20)6-11(10)16-13/h4-6H,1-3H3,(H,15,16)(H,19,20). The minimum absolute atomic E-state index is 0.243. The van der Waals surface area contributed by atoms with Crippen molar-refractivity contribution in [3.63, 3.8) is 0 Å². The van der Waals surface area contributed by atoms with Crippen LogP contribution < -0.4 is 0 Å². The van der Waals surface area contributed by atoms with Gasteiger partial charge in [-0.15, -0.1) is 0 Å². The number of nitrogens with zero attached hydrogens (tertiary/aromatic N) is 3. The van der Waals surface area contributed by atoms with Gasteiger partial charge in [-0.3, -0.25) is 4.68 Å². The molecule has 0 aliphatic heterocycles. The lowest BCUT2D eigenvalue weighted by atomic mass is 10.2. The summed E-state index contributed by atoms with van der Waals surface area (Å²) in [5, 5.41) is 13.4. The lowest BCUT2D eigenvalue weighted by Gasteiger charge is -1.96. The molecule has 2 heterocycles. The maximum absolute atomic E-state index is 11.0. The fourth-order valence-corrected chi connectivity index (χ4v) is 2.38. The number of carbonyl (C=O) groups is 1. The number of imidazole rings is 1. The second kappa shape index (κ2) is 4.19.